The fraction of sp³-hybridized carbons (Fsp3) is 0.625. The Labute approximate surface area is 66.7 Å². The van der Waals surface area contributed by atoms with Gasteiger partial charge in [-0.2, -0.15) is 0 Å². The fourth-order valence-corrected chi connectivity index (χ4v) is 0.591. The molecule has 0 aromatic rings. The molecular formula is C8H14O3. The zero-order valence-electron chi connectivity index (χ0n) is 6.91. The van der Waals surface area contributed by atoms with Crippen LogP contribution in [0.2, 0.25) is 0 Å². The summed E-state index contributed by atoms with van der Waals surface area (Å²) in [6.07, 6.45) is 3.97. The van der Waals surface area contributed by atoms with Gasteiger partial charge in [0.1, 0.15) is 0 Å². The van der Waals surface area contributed by atoms with E-state index in [1.165, 1.54) is 13.2 Å². The number of esters is 1. The van der Waals surface area contributed by atoms with E-state index in [9.17, 15) is 4.79 Å². The third-order valence-electron chi connectivity index (χ3n) is 1.22. The van der Waals surface area contributed by atoms with E-state index in [1.807, 2.05) is 6.92 Å². The Balaban J connectivity index is 3.66. The van der Waals surface area contributed by atoms with Crippen LogP contribution in [-0.2, 0) is 9.53 Å². The highest BCUT2D eigenvalue weighted by Crippen LogP contribution is 1.93. The standard InChI is InChI=1S/C8H14O3/c1-3-4-5-6-7(9)8(10)11-2/h5-7,9H,3-4H2,1-2H3/b6-5+. The highest BCUT2D eigenvalue weighted by Gasteiger charge is 2.09. The van der Waals surface area contributed by atoms with Gasteiger partial charge in [-0.05, 0) is 12.5 Å². The van der Waals surface area contributed by atoms with Crippen LogP contribution in [0.3, 0.4) is 0 Å². The van der Waals surface area contributed by atoms with Crippen molar-refractivity contribution < 1.29 is 14.6 Å². The summed E-state index contributed by atoms with van der Waals surface area (Å²) >= 11 is 0. The molecule has 3 nitrogen and oxygen atoms in total. The van der Waals surface area contributed by atoms with Gasteiger partial charge in [-0.15, -0.1) is 0 Å². The quantitative estimate of drug-likeness (QED) is 0.488. The molecule has 0 rings (SSSR count). The normalized spacial score (nSPS) is 13.4. The van der Waals surface area contributed by atoms with Crippen LogP contribution in [0.4, 0.5) is 0 Å². The fourth-order valence-electron chi connectivity index (χ4n) is 0.591. The molecule has 0 amide bonds. The molecule has 0 aliphatic carbocycles. The van der Waals surface area contributed by atoms with Crippen LogP contribution in [0, 0.1) is 0 Å². The zero-order valence-corrected chi connectivity index (χ0v) is 6.91. The van der Waals surface area contributed by atoms with E-state index in [0.717, 1.165) is 12.8 Å². The van der Waals surface area contributed by atoms with Gasteiger partial charge in [-0.3, -0.25) is 0 Å². The lowest BCUT2D eigenvalue weighted by Crippen LogP contribution is -2.18. The summed E-state index contributed by atoms with van der Waals surface area (Å²) in [4.78, 5) is 10.6. The number of allylic oxidation sites excluding steroid dienone is 1. The van der Waals surface area contributed by atoms with Gasteiger partial charge in [0.05, 0.1) is 7.11 Å². The summed E-state index contributed by atoms with van der Waals surface area (Å²) in [6, 6.07) is 0. The van der Waals surface area contributed by atoms with E-state index >= 15 is 0 Å². The Bertz CT molecular complexity index is 140. The Kier molecular flexibility index (Phi) is 5.47. The van der Waals surface area contributed by atoms with Gasteiger partial charge in [0.25, 0.3) is 0 Å². The molecular weight excluding hydrogens is 144 g/mol. The summed E-state index contributed by atoms with van der Waals surface area (Å²) in [5.41, 5.74) is 0. The first-order valence-electron chi connectivity index (χ1n) is 3.65. The van der Waals surface area contributed by atoms with Crippen LogP contribution < -0.4 is 0 Å². The summed E-state index contributed by atoms with van der Waals surface area (Å²) in [5, 5.41) is 8.98. The number of carbonyl (C=O) groups is 1. The third kappa shape index (κ3) is 4.56. The largest absolute Gasteiger partial charge is 0.467 e. The maximum Gasteiger partial charge on any atom is 0.338 e. The van der Waals surface area contributed by atoms with Crippen LogP contribution in [0.5, 0.6) is 0 Å². The van der Waals surface area contributed by atoms with Crippen molar-refractivity contribution >= 4 is 5.97 Å². The van der Waals surface area contributed by atoms with Gasteiger partial charge in [0.2, 0.25) is 0 Å². The number of methoxy groups -OCH3 is 1. The number of aliphatic hydroxyl groups excluding tert-OH is 1. The highest BCUT2D eigenvalue weighted by molar-refractivity contribution is 5.76. The molecule has 0 radical (unpaired) electrons. The first-order chi connectivity index (χ1) is 5.22. The van der Waals surface area contributed by atoms with Crippen molar-refractivity contribution in [1.29, 1.82) is 0 Å². The minimum absolute atomic E-state index is 0.614. The van der Waals surface area contributed by atoms with Gasteiger partial charge in [-0.25, -0.2) is 4.79 Å². The molecule has 0 spiro atoms. The molecule has 0 aromatic carbocycles. The van der Waals surface area contributed by atoms with Gasteiger partial charge in [0.15, 0.2) is 6.10 Å². The number of ether oxygens (including phenoxy) is 1. The van der Waals surface area contributed by atoms with Gasteiger partial charge < -0.3 is 9.84 Å². The molecule has 11 heavy (non-hydrogen) atoms. The van der Waals surface area contributed by atoms with E-state index in [0.29, 0.717) is 0 Å². The monoisotopic (exact) mass is 158 g/mol. The number of aliphatic hydroxyl groups is 1. The SMILES string of the molecule is CCC/C=C/C(O)C(=O)OC. The number of hydrogen-bond acceptors (Lipinski definition) is 3. The first kappa shape index (κ1) is 10.2. The molecule has 1 N–H and O–H groups in total. The third-order valence-corrected chi connectivity index (χ3v) is 1.22. The van der Waals surface area contributed by atoms with E-state index in [4.69, 9.17) is 5.11 Å². The van der Waals surface area contributed by atoms with Crippen LogP contribution in [0.25, 0.3) is 0 Å². The van der Waals surface area contributed by atoms with Crippen molar-refractivity contribution in [2.45, 2.75) is 25.9 Å². The second kappa shape index (κ2) is 5.92. The van der Waals surface area contributed by atoms with E-state index in [-0.39, 0.29) is 0 Å². The van der Waals surface area contributed by atoms with Crippen molar-refractivity contribution in [3.8, 4) is 0 Å². The summed E-state index contributed by atoms with van der Waals surface area (Å²) < 4.78 is 4.30. The molecule has 0 bridgehead atoms. The van der Waals surface area contributed by atoms with Crippen molar-refractivity contribution in [1.82, 2.24) is 0 Å². The molecule has 0 aromatic heterocycles. The lowest BCUT2D eigenvalue weighted by molar-refractivity contribution is -0.147. The average Bonchev–Trinajstić information content (AvgIpc) is 2.03. The van der Waals surface area contributed by atoms with Crippen molar-refractivity contribution in [3.05, 3.63) is 12.2 Å². The number of hydrogen-bond donors (Lipinski definition) is 1. The van der Waals surface area contributed by atoms with Crippen LogP contribution in [0.1, 0.15) is 19.8 Å². The van der Waals surface area contributed by atoms with E-state index < -0.39 is 12.1 Å². The van der Waals surface area contributed by atoms with Crippen LogP contribution in [-0.4, -0.2) is 24.3 Å². The minimum atomic E-state index is -1.11. The molecule has 0 heterocycles. The van der Waals surface area contributed by atoms with Crippen molar-refractivity contribution in [2.24, 2.45) is 0 Å². The molecule has 1 unspecified atom stereocenters. The maximum absolute atomic E-state index is 10.6. The molecule has 0 saturated carbocycles. The molecule has 64 valence electrons. The van der Waals surface area contributed by atoms with Crippen LogP contribution >= 0.6 is 0 Å². The van der Waals surface area contributed by atoms with Crippen LogP contribution in [0.15, 0.2) is 12.2 Å². The second-order valence-corrected chi connectivity index (χ2v) is 2.18. The topological polar surface area (TPSA) is 46.5 Å². The maximum atomic E-state index is 10.6. The Morgan fingerprint density at radius 1 is 1.73 bits per heavy atom. The van der Waals surface area contributed by atoms with Gasteiger partial charge in [-0.1, -0.05) is 19.4 Å². The van der Waals surface area contributed by atoms with Crippen molar-refractivity contribution in [3.63, 3.8) is 0 Å². The van der Waals surface area contributed by atoms with E-state index in [2.05, 4.69) is 4.74 Å². The predicted molar refractivity (Wildman–Crippen MR) is 42.1 cm³/mol. The number of carbonyl (C=O) groups excluding carboxylic acids is 1. The Morgan fingerprint density at radius 3 is 2.82 bits per heavy atom. The lowest BCUT2D eigenvalue weighted by Gasteiger charge is -2.00. The Morgan fingerprint density at radius 2 is 2.36 bits per heavy atom. The average molecular weight is 158 g/mol. The summed E-state index contributed by atoms with van der Waals surface area (Å²) in [5.74, 6) is -0.614. The smallest absolute Gasteiger partial charge is 0.338 e. The second-order valence-electron chi connectivity index (χ2n) is 2.18. The molecule has 0 saturated heterocycles. The lowest BCUT2D eigenvalue weighted by atomic mass is 10.2. The summed E-state index contributed by atoms with van der Waals surface area (Å²) in [7, 11) is 1.25. The molecule has 0 fully saturated rings. The van der Waals surface area contributed by atoms with E-state index in [1.54, 1.807) is 6.08 Å². The summed E-state index contributed by atoms with van der Waals surface area (Å²) in [6.45, 7) is 2.02. The van der Waals surface area contributed by atoms with Gasteiger partial charge >= 0.3 is 5.97 Å². The number of rotatable bonds is 4. The predicted octanol–water partition coefficient (Wildman–Crippen LogP) is 0.877. The minimum Gasteiger partial charge on any atom is -0.467 e. The Hall–Kier alpha value is -0.830. The molecule has 1 atom stereocenters. The van der Waals surface area contributed by atoms with Gasteiger partial charge in [0, 0.05) is 0 Å². The molecule has 3 heteroatoms. The first-order valence-corrected chi connectivity index (χ1v) is 3.65. The molecule has 0 aliphatic rings. The number of unbranched alkanes of at least 4 members (excludes halogenated alkanes) is 1. The zero-order chi connectivity index (χ0) is 8.69. The highest BCUT2D eigenvalue weighted by atomic mass is 16.5. The molecule has 0 aliphatic heterocycles. The van der Waals surface area contributed by atoms with Crippen molar-refractivity contribution in [2.75, 3.05) is 7.11 Å².